The summed E-state index contributed by atoms with van der Waals surface area (Å²) in [6.45, 7) is 1.71. The van der Waals surface area contributed by atoms with Crippen molar-refractivity contribution in [2.45, 2.75) is 13.3 Å². The molecule has 0 spiro atoms. The number of oxime groups is 1. The zero-order chi connectivity index (χ0) is 8.97. The van der Waals surface area contributed by atoms with E-state index in [1.807, 2.05) is 0 Å². The Morgan fingerprint density at radius 2 is 2.00 bits per heavy atom. The molecule has 1 rings (SSSR count). The van der Waals surface area contributed by atoms with E-state index in [-0.39, 0.29) is 5.82 Å². The normalized spacial score (nSPS) is 11.7. The third-order valence-corrected chi connectivity index (χ3v) is 1.54. The van der Waals surface area contributed by atoms with Crippen LogP contribution >= 0.6 is 0 Å². The van der Waals surface area contributed by atoms with Gasteiger partial charge in [-0.3, -0.25) is 0 Å². The topological polar surface area (TPSA) is 32.6 Å². The first kappa shape index (κ1) is 8.71. The van der Waals surface area contributed by atoms with Crippen molar-refractivity contribution >= 4 is 5.71 Å². The summed E-state index contributed by atoms with van der Waals surface area (Å²) < 4.78 is 12.4. The van der Waals surface area contributed by atoms with E-state index >= 15 is 0 Å². The van der Waals surface area contributed by atoms with Gasteiger partial charge in [-0.25, -0.2) is 4.39 Å². The van der Waals surface area contributed by atoms with Crippen molar-refractivity contribution in [1.82, 2.24) is 0 Å². The molecule has 1 N–H and O–H groups in total. The van der Waals surface area contributed by atoms with E-state index in [2.05, 4.69) is 5.16 Å². The fraction of sp³-hybridized carbons (Fsp3) is 0.222. The van der Waals surface area contributed by atoms with Gasteiger partial charge < -0.3 is 5.21 Å². The summed E-state index contributed by atoms with van der Waals surface area (Å²) in [4.78, 5) is 0. The lowest BCUT2D eigenvalue weighted by atomic mass is 10.1. The zero-order valence-electron chi connectivity index (χ0n) is 6.79. The van der Waals surface area contributed by atoms with Crippen LogP contribution in [0.2, 0.25) is 0 Å². The highest BCUT2D eigenvalue weighted by Crippen LogP contribution is 2.03. The molecule has 12 heavy (non-hydrogen) atoms. The Balaban J connectivity index is 2.71. The van der Waals surface area contributed by atoms with Crippen LogP contribution < -0.4 is 0 Å². The molecule has 0 aliphatic heterocycles. The zero-order valence-corrected chi connectivity index (χ0v) is 6.79. The molecule has 0 aliphatic rings. The summed E-state index contributed by atoms with van der Waals surface area (Å²) in [5, 5.41) is 11.4. The van der Waals surface area contributed by atoms with Gasteiger partial charge in [-0.1, -0.05) is 17.3 Å². The van der Waals surface area contributed by atoms with Crippen molar-refractivity contribution in [2.24, 2.45) is 5.16 Å². The van der Waals surface area contributed by atoms with E-state index in [1.165, 1.54) is 12.1 Å². The van der Waals surface area contributed by atoms with E-state index < -0.39 is 0 Å². The number of halogens is 1. The van der Waals surface area contributed by atoms with Gasteiger partial charge in [-0.05, 0) is 24.6 Å². The summed E-state index contributed by atoms with van der Waals surface area (Å²) in [6.07, 6.45) is 0.552. The third kappa shape index (κ3) is 2.34. The van der Waals surface area contributed by atoms with Crippen molar-refractivity contribution in [3.05, 3.63) is 35.6 Å². The molecular formula is C9H10FNO. The molecule has 64 valence electrons. The summed E-state index contributed by atoms with van der Waals surface area (Å²) in [5.41, 5.74) is 1.55. The minimum Gasteiger partial charge on any atom is -0.411 e. The minimum atomic E-state index is -0.252. The second kappa shape index (κ2) is 3.85. The molecule has 0 aliphatic carbocycles. The van der Waals surface area contributed by atoms with E-state index in [0.29, 0.717) is 12.1 Å². The lowest BCUT2D eigenvalue weighted by Gasteiger charge is -1.98. The van der Waals surface area contributed by atoms with Gasteiger partial charge in [0.15, 0.2) is 0 Å². The maximum absolute atomic E-state index is 12.4. The van der Waals surface area contributed by atoms with E-state index in [9.17, 15) is 4.39 Å². The molecule has 0 atom stereocenters. The van der Waals surface area contributed by atoms with Crippen LogP contribution in [0.1, 0.15) is 12.5 Å². The van der Waals surface area contributed by atoms with E-state index in [4.69, 9.17) is 5.21 Å². The molecule has 0 bridgehead atoms. The van der Waals surface area contributed by atoms with Crippen LogP contribution in [0.4, 0.5) is 4.39 Å². The van der Waals surface area contributed by atoms with Crippen molar-refractivity contribution < 1.29 is 9.60 Å². The lowest BCUT2D eigenvalue weighted by Crippen LogP contribution is -1.96. The van der Waals surface area contributed by atoms with Crippen LogP contribution in [-0.2, 0) is 6.42 Å². The highest BCUT2D eigenvalue weighted by atomic mass is 19.1. The molecule has 3 heteroatoms. The van der Waals surface area contributed by atoms with Crippen molar-refractivity contribution in [2.75, 3.05) is 0 Å². The van der Waals surface area contributed by atoms with Gasteiger partial charge in [0.1, 0.15) is 5.82 Å². The molecule has 0 unspecified atom stereocenters. The summed E-state index contributed by atoms with van der Waals surface area (Å²) in [5.74, 6) is -0.252. The lowest BCUT2D eigenvalue weighted by molar-refractivity contribution is 0.317. The highest BCUT2D eigenvalue weighted by molar-refractivity contribution is 5.83. The monoisotopic (exact) mass is 167 g/mol. The Kier molecular flexibility index (Phi) is 2.80. The molecule has 1 aromatic carbocycles. The molecule has 0 radical (unpaired) electrons. The Hall–Kier alpha value is -1.38. The number of hydrogen-bond acceptors (Lipinski definition) is 2. The van der Waals surface area contributed by atoms with Gasteiger partial charge >= 0.3 is 0 Å². The van der Waals surface area contributed by atoms with Gasteiger partial charge in [0.25, 0.3) is 0 Å². The molecule has 2 nitrogen and oxygen atoms in total. The van der Waals surface area contributed by atoms with Crippen LogP contribution in [0.3, 0.4) is 0 Å². The SMILES string of the molecule is CC(Cc1ccc(F)cc1)=NO. The van der Waals surface area contributed by atoms with Gasteiger partial charge in [0.2, 0.25) is 0 Å². The number of nitrogens with zero attached hydrogens (tertiary/aromatic N) is 1. The van der Waals surface area contributed by atoms with Crippen LogP contribution in [0, 0.1) is 5.82 Å². The van der Waals surface area contributed by atoms with E-state index in [1.54, 1.807) is 19.1 Å². The molecule has 0 saturated heterocycles. The molecule has 0 saturated carbocycles. The van der Waals surface area contributed by atoms with Crippen molar-refractivity contribution in [3.8, 4) is 0 Å². The Morgan fingerprint density at radius 3 is 2.50 bits per heavy atom. The third-order valence-electron chi connectivity index (χ3n) is 1.54. The largest absolute Gasteiger partial charge is 0.411 e. The van der Waals surface area contributed by atoms with Crippen molar-refractivity contribution in [3.63, 3.8) is 0 Å². The number of rotatable bonds is 2. The summed E-state index contributed by atoms with van der Waals surface area (Å²) in [6, 6.07) is 6.12. The fourth-order valence-corrected chi connectivity index (χ4v) is 0.933. The summed E-state index contributed by atoms with van der Waals surface area (Å²) >= 11 is 0. The highest BCUT2D eigenvalue weighted by Gasteiger charge is 1.96. The van der Waals surface area contributed by atoms with Gasteiger partial charge in [0, 0.05) is 6.42 Å². The standard InChI is InChI=1S/C9H10FNO/c1-7(11-12)6-8-2-4-9(10)5-3-8/h2-5,12H,6H2,1H3. The Morgan fingerprint density at radius 1 is 1.42 bits per heavy atom. The molecule has 0 fully saturated rings. The quantitative estimate of drug-likeness (QED) is 0.409. The average Bonchev–Trinajstić information content (AvgIpc) is 2.09. The predicted octanol–water partition coefficient (Wildman–Crippen LogP) is 2.22. The summed E-state index contributed by atoms with van der Waals surface area (Å²) in [7, 11) is 0. The number of hydrogen-bond donors (Lipinski definition) is 1. The van der Waals surface area contributed by atoms with Gasteiger partial charge in [-0.15, -0.1) is 0 Å². The Bertz CT molecular complexity index is 279. The van der Waals surface area contributed by atoms with Crippen LogP contribution in [0.5, 0.6) is 0 Å². The Labute approximate surface area is 70.3 Å². The van der Waals surface area contributed by atoms with Crippen molar-refractivity contribution in [1.29, 1.82) is 0 Å². The van der Waals surface area contributed by atoms with Crippen LogP contribution in [0.25, 0.3) is 0 Å². The van der Waals surface area contributed by atoms with Gasteiger partial charge in [-0.2, -0.15) is 0 Å². The maximum atomic E-state index is 12.4. The fourth-order valence-electron chi connectivity index (χ4n) is 0.933. The van der Waals surface area contributed by atoms with Crippen LogP contribution in [0.15, 0.2) is 29.4 Å². The first-order valence-electron chi connectivity index (χ1n) is 3.64. The molecule has 1 aromatic rings. The first-order valence-corrected chi connectivity index (χ1v) is 3.64. The second-order valence-corrected chi connectivity index (χ2v) is 2.64. The van der Waals surface area contributed by atoms with E-state index in [0.717, 1.165) is 5.56 Å². The molecular weight excluding hydrogens is 157 g/mol. The van der Waals surface area contributed by atoms with Gasteiger partial charge in [0.05, 0.1) is 5.71 Å². The smallest absolute Gasteiger partial charge is 0.123 e. The predicted molar refractivity (Wildman–Crippen MR) is 45.0 cm³/mol. The van der Waals surface area contributed by atoms with Crippen LogP contribution in [-0.4, -0.2) is 10.9 Å². The second-order valence-electron chi connectivity index (χ2n) is 2.64. The molecule has 0 aromatic heterocycles. The maximum Gasteiger partial charge on any atom is 0.123 e. The first-order chi connectivity index (χ1) is 5.72. The average molecular weight is 167 g/mol. The molecule has 0 heterocycles. The molecule has 0 amide bonds. The minimum absolute atomic E-state index is 0.252. The number of benzene rings is 1.